The zero-order chi connectivity index (χ0) is 17.4. The van der Waals surface area contributed by atoms with Gasteiger partial charge in [-0.2, -0.15) is 0 Å². The Morgan fingerprint density at radius 2 is 2.12 bits per heavy atom. The van der Waals surface area contributed by atoms with E-state index in [2.05, 4.69) is 34.7 Å². The third kappa shape index (κ3) is 6.01. The summed E-state index contributed by atoms with van der Waals surface area (Å²) in [6, 6.07) is 7.69. The van der Waals surface area contributed by atoms with Crippen molar-refractivity contribution in [3.63, 3.8) is 0 Å². The topological polar surface area (TPSA) is 76.1 Å². The van der Waals surface area contributed by atoms with Crippen LogP contribution in [0.1, 0.15) is 20.8 Å². The van der Waals surface area contributed by atoms with Crippen LogP contribution in [0.4, 0.5) is 10.8 Å². The zero-order valence-corrected chi connectivity index (χ0v) is 15.7. The third-order valence-corrected chi connectivity index (χ3v) is 4.84. The van der Waals surface area contributed by atoms with Gasteiger partial charge < -0.3 is 15.4 Å². The summed E-state index contributed by atoms with van der Waals surface area (Å²) < 4.78 is 6.33. The highest BCUT2D eigenvalue weighted by atomic mass is 32.2. The predicted molar refractivity (Wildman–Crippen MR) is 99.4 cm³/mol. The second-order valence-electron chi connectivity index (χ2n) is 5.41. The van der Waals surface area contributed by atoms with Crippen LogP contribution >= 0.6 is 23.1 Å². The van der Waals surface area contributed by atoms with Crippen LogP contribution in [0.3, 0.4) is 0 Å². The van der Waals surface area contributed by atoms with Gasteiger partial charge in [-0.3, -0.25) is 4.79 Å². The fourth-order valence-corrected chi connectivity index (χ4v) is 3.38. The molecule has 1 amide bonds. The van der Waals surface area contributed by atoms with Gasteiger partial charge in [0, 0.05) is 6.54 Å². The molecule has 0 radical (unpaired) electrons. The van der Waals surface area contributed by atoms with E-state index < -0.39 is 0 Å². The lowest BCUT2D eigenvalue weighted by molar-refractivity contribution is -0.118. The Morgan fingerprint density at radius 3 is 2.88 bits per heavy atom. The molecule has 0 spiro atoms. The van der Waals surface area contributed by atoms with Crippen LogP contribution in [0.5, 0.6) is 5.75 Å². The number of aromatic nitrogens is 2. The Labute approximate surface area is 150 Å². The molecule has 0 saturated heterocycles. The summed E-state index contributed by atoms with van der Waals surface area (Å²) in [4.78, 5) is 11.7. The Bertz CT molecular complexity index is 661. The molecule has 0 bridgehead atoms. The second kappa shape index (κ2) is 9.48. The molecule has 1 aromatic carbocycles. The fourth-order valence-electron chi connectivity index (χ4n) is 1.78. The lowest BCUT2D eigenvalue weighted by atomic mass is 10.2. The molecule has 0 aliphatic carbocycles. The number of nitrogens with zero attached hydrogens (tertiary/aromatic N) is 2. The standard InChI is InChI=1S/C16H22N4O2S2/c1-4-22-13-8-6-5-7-12(13)18-15-19-20-16(24-15)23-10-14(21)17-9-11(2)3/h5-8,11H,4,9-10H2,1-3H3,(H,17,21)(H,18,19). The van der Waals surface area contributed by atoms with Gasteiger partial charge in [0.05, 0.1) is 18.0 Å². The van der Waals surface area contributed by atoms with E-state index >= 15 is 0 Å². The maximum atomic E-state index is 11.7. The average Bonchev–Trinajstić information content (AvgIpc) is 3.00. The van der Waals surface area contributed by atoms with E-state index in [1.807, 2.05) is 31.2 Å². The molecule has 2 aromatic rings. The smallest absolute Gasteiger partial charge is 0.230 e. The number of carbonyl (C=O) groups excluding carboxylic acids is 1. The number of nitrogens with one attached hydrogen (secondary N) is 2. The normalized spacial score (nSPS) is 10.7. The molecule has 8 heteroatoms. The van der Waals surface area contributed by atoms with E-state index in [1.165, 1.54) is 23.1 Å². The first-order chi connectivity index (χ1) is 11.6. The molecule has 130 valence electrons. The predicted octanol–water partition coefficient (Wildman–Crippen LogP) is 3.54. The van der Waals surface area contributed by atoms with Gasteiger partial charge in [0.1, 0.15) is 5.75 Å². The van der Waals surface area contributed by atoms with Crippen molar-refractivity contribution in [2.45, 2.75) is 25.1 Å². The highest BCUT2D eigenvalue weighted by Crippen LogP contribution is 2.31. The number of hydrogen-bond acceptors (Lipinski definition) is 7. The number of para-hydroxylation sites is 2. The lowest BCUT2D eigenvalue weighted by Crippen LogP contribution is -2.28. The number of hydrogen-bond donors (Lipinski definition) is 2. The maximum Gasteiger partial charge on any atom is 0.230 e. The van der Waals surface area contributed by atoms with Crippen LogP contribution in [0.2, 0.25) is 0 Å². The summed E-state index contributed by atoms with van der Waals surface area (Å²) in [5.41, 5.74) is 0.849. The van der Waals surface area contributed by atoms with Crippen LogP contribution in [0.25, 0.3) is 0 Å². The largest absolute Gasteiger partial charge is 0.492 e. The van der Waals surface area contributed by atoms with Crippen LogP contribution in [0.15, 0.2) is 28.6 Å². The van der Waals surface area contributed by atoms with E-state index in [4.69, 9.17) is 4.74 Å². The number of thioether (sulfide) groups is 1. The van der Waals surface area contributed by atoms with Crippen molar-refractivity contribution in [1.29, 1.82) is 0 Å². The molecule has 0 unspecified atom stereocenters. The van der Waals surface area contributed by atoms with Crippen molar-refractivity contribution in [2.75, 3.05) is 24.2 Å². The van der Waals surface area contributed by atoms with Crippen molar-refractivity contribution in [1.82, 2.24) is 15.5 Å². The number of benzene rings is 1. The molecule has 2 rings (SSSR count). The van der Waals surface area contributed by atoms with Gasteiger partial charge in [-0.1, -0.05) is 49.1 Å². The minimum absolute atomic E-state index is 0.0140. The molecule has 24 heavy (non-hydrogen) atoms. The monoisotopic (exact) mass is 366 g/mol. The number of rotatable bonds is 9. The first-order valence-electron chi connectivity index (χ1n) is 7.80. The summed E-state index contributed by atoms with van der Waals surface area (Å²) in [5.74, 6) is 1.58. The third-order valence-electron chi connectivity index (χ3n) is 2.87. The van der Waals surface area contributed by atoms with Crippen LogP contribution in [-0.2, 0) is 4.79 Å². The lowest BCUT2D eigenvalue weighted by Gasteiger charge is -2.09. The van der Waals surface area contributed by atoms with Crippen LogP contribution < -0.4 is 15.4 Å². The summed E-state index contributed by atoms with van der Waals surface area (Å²) >= 11 is 2.80. The highest BCUT2D eigenvalue weighted by molar-refractivity contribution is 8.01. The summed E-state index contributed by atoms with van der Waals surface area (Å²) in [6.45, 7) is 7.37. The van der Waals surface area contributed by atoms with Gasteiger partial charge >= 0.3 is 0 Å². The Morgan fingerprint density at radius 1 is 1.33 bits per heavy atom. The molecule has 0 fully saturated rings. The molecule has 6 nitrogen and oxygen atoms in total. The number of carbonyl (C=O) groups is 1. The summed E-state index contributed by atoms with van der Waals surface area (Å²) in [5, 5.41) is 15.0. The fraction of sp³-hybridized carbons (Fsp3) is 0.438. The van der Waals surface area contributed by atoms with Crippen molar-refractivity contribution >= 4 is 39.8 Å². The highest BCUT2D eigenvalue weighted by Gasteiger charge is 2.10. The molecule has 0 atom stereocenters. The molecular weight excluding hydrogens is 344 g/mol. The van der Waals surface area contributed by atoms with E-state index in [0.29, 0.717) is 30.0 Å². The first-order valence-corrected chi connectivity index (χ1v) is 9.60. The molecule has 2 N–H and O–H groups in total. The molecule has 1 heterocycles. The summed E-state index contributed by atoms with van der Waals surface area (Å²) in [6.07, 6.45) is 0. The van der Waals surface area contributed by atoms with Gasteiger partial charge in [0.15, 0.2) is 4.34 Å². The average molecular weight is 367 g/mol. The summed E-state index contributed by atoms with van der Waals surface area (Å²) in [7, 11) is 0. The molecule has 0 aliphatic heterocycles. The van der Waals surface area contributed by atoms with E-state index in [-0.39, 0.29) is 5.91 Å². The Balaban J connectivity index is 1.88. The van der Waals surface area contributed by atoms with E-state index in [0.717, 1.165) is 15.8 Å². The number of amides is 1. The molecule has 1 aromatic heterocycles. The van der Waals surface area contributed by atoms with Gasteiger partial charge in [-0.15, -0.1) is 10.2 Å². The van der Waals surface area contributed by atoms with E-state index in [9.17, 15) is 4.79 Å². The second-order valence-corrected chi connectivity index (χ2v) is 7.61. The van der Waals surface area contributed by atoms with Crippen molar-refractivity contribution < 1.29 is 9.53 Å². The van der Waals surface area contributed by atoms with Crippen LogP contribution in [-0.4, -0.2) is 35.0 Å². The van der Waals surface area contributed by atoms with Crippen molar-refractivity contribution in [2.24, 2.45) is 5.92 Å². The molecule has 0 saturated carbocycles. The van der Waals surface area contributed by atoms with Gasteiger partial charge in [0.25, 0.3) is 0 Å². The van der Waals surface area contributed by atoms with Gasteiger partial charge in [-0.25, -0.2) is 0 Å². The van der Waals surface area contributed by atoms with Gasteiger partial charge in [-0.05, 0) is 25.0 Å². The van der Waals surface area contributed by atoms with E-state index in [1.54, 1.807) is 0 Å². The van der Waals surface area contributed by atoms with Crippen molar-refractivity contribution in [3.8, 4) is 5.75 Å². The SMILES string of the molecule is CCOc1ccccc1Nc1nnc(SCC(=O)NCC(C)C)s1. The minimum atomic E-state index is 0.0140. The number of ether oxygens (including phenoxy) is 1. The maximum absolute atomic E-state index is 11.7. The van der Waals surface area contributed by atoms with Crippen molar-refractivity contribution in [3.05, 3.63) is 24.3 Å². The van der Waals surface area contributed by atoms with Crippen LogP contribution in [0, 0.1) is 5.92 Å². The Hall–Kier alpha value is -1.80. The minimum Gasteiger partial charge on any atom is -0.492 e. The van der Waals surface area contributed by atoms with Gasteiger partial charge in [0.2, 0.25) is 11.0 Å². The zero-order valence-electron chi connectivity index (χ0n) is 14.0. The Kier molecular flexibility index (Phi) is 7.33. The first kappa shape index (κ1) is 18.5. The molecule has 0 aliphatic rings. The molecular formula is C16H22N4O2S2. The number of anilines is 2. The quantitative estimate of drug-likeness (QED) is 0.661.